The lowest BCUT2D eigenvalue weighted by Crippen LogP contribution is -1.83. The van der Waals surface area contributed by atoms with E-state index in [0.29, 0.717) is 15.8 Å². The number of hydrogen-bond donors (Lipinski definition) is 1. The molecule has 82 valence electrons. The van der Waals surface area contributed by atoms with Crippen molar-refractivity contribution in [2.24, 2.45) is 0 Å². The number of aromatic hydroxyl groups is 1. The minimum atomic E-state index is -0.338. The van der Waals surface area contributed by atoms with Crippen molar-refractivity contribution >= 4 is 12.2 Å². The van der Waals surface area contributed by atoms with Gasteiger partial charge in [-0.15, -0.1) is 0 Å². The highest BCUT2D eigenvalue weighted by atomic mass is 32.1. The van der Waals surface area contributed by atoms with Crippen LogP contribution in [-0.2, 0) is 0 Å². The molecule has 1 aromatic carbocycles. The van der Waals surface area contributed by atoms with Crippen LogP contribution in [0, 0.1) is 17.3 Å². The number of aryl methyl sites for hydroxylation is 1. The standard InChI is InChI=1S/C12H9FO2S/c1-7-6-10(16)11(14)12(15-7)8-2-4-9(13)5-3-8/h2-6,14H,1H3. The van der Waals surface area contributed by atoms with E-state index in [1.807, 2.05) is 0 Å². The maximum atomic E-state index is 12.7. The molecular formula is C12H9FO2S. The quantitative estimate of drug-likeness (QED) is 0.764. The fourth-order valence-corrected chi connectivity index (χ4v) is 1.66. The molecule has 2 nitrogen and oxygen atoms in total. The summed E-state index contributed by atoms with van der Waals surface area (Å²) >= 11 is 4.97. The second-order valence-corrected chi connectivity index (χ2v) is 3.85. The molecule has 0 unspecified atom stereocenters. The summed E-state index contributed by atoms with van der Waals surface area (Å²) < 4.78 is 18.4. The first-order chi connectivity index (χ1) is 7.58. The third kappa shape index (κ3) is 1.97. The lowest BCUT2D eigenvalue weighted by Gasteiger charge is -2.05. The van der Waals surface area contributed by atoms with Crippen LogP contribution in [-0.4, -0.2) is 5.11 Å². The summed E-state index contributed by atoms with van der Waals surface area (Å²) in [5.74, 6) is 0.439. The third-order valence-corrected chi connectivity index (χ3v) is 2.46. The van der Waals surface area contributed by atoms with Crippen LogP contribution in [0.1, 0.15) is 5.76 Å². The van der Waals surface area contributed by atoms with Gasteiger partial charge in [-0.05, 0) is 37.3 Å². The fraction of sp³-hybridized carbons (Fsp3) is 0.0833. The van der Waals surface area contributed by atoms with Gasteiger partial charge in [-0.3, -0.25) is 0 Å². The minimum Gasteiger partial charge on any atom is -0.503 e. The molecule has 0 amide bonds. The maximum Gasteiger partial charge on any atom is 0.177 e. The third-order valence-electron chi connectivity index (χ3n) is 2.15. The molecule has 0 aliphatic carbocycles. The number of halogens is 1. The second-order valence-electron chi connectivity index (χ2n) is 3.41. The zero-order chi connectivity index (χ0) is 11.7. The van der Waals surface area contributed by atoms with E-state index in [1.165, 1.54) is 24.3 Å². The van der Waals surface area contributed by atoms with Crippen LogP contribution in [0.25, 0.3) is 11.3 Å². The van der Waals surface area contributed by atoms with Gasteiger partial charge in [0.15, 0.2) is 11.5 Å². The maximum absolute atomic E-state index is 12.7. The lowest BCUT2D eigenvalue weighted by atomic mass is 10.1. The van der Waals surface area contributed by atoms with E-state index in [4.69, 9.17) is 16.6 Å². The molecular weight excluding hydrogens is 227 g/mol. The van der Waals surface area contributed by atoms with E-state index in [1.54, 1.807) is 13.0 Å². The monoisotopic (exact) mass is 236 g/mol. The Hall–Kier alpha value is -1.68. The predicted molar refractivity (Wildman–Crippen MR) is 61.3 cm³/mol. The van der Waals surface area contributed by atoms with Gasteiger partial charge < -0.3 is 9.52 Å². The average molecular weight is 236 g/mol. The summed E-state index contributed by atoms with van der Waals surface area (Å²) in [6, 6.07) is 7.23. The molecule has 0 fully saturated rings. The van der Waals surface area contributed by atoms with E-state index in [9.17, 15) is 9.50 Å². The van der Waals surface area contributed by atoms with Crippen LogP contribution >= 0.6 is 12.2 Å². The van der Waals surface area contributed by atoms with Gasteiger partial charge in [0.05, 0.1) is 4.51 Å². The SMILES string of the molecule is Cc1cc(=S)c(O)c(-c2ccc(F)cc2)o1. The number of hydrogen-bond acceptors (Lipinski definition) is 3. The van der Waals surface area contributed by atoms with E-state index >= 15 is 0 Å². The Labute approximate surface area is 97.0 Å². The molecule has 1 heterocycles. The van der Waals surface area contributed by atoms with Gasteiger partial charge in [-0.25, -0.2) is 4.39 Å². The highest BCUT2D eigenvalue weighted by Crippen LogP contribution is 2.31. The van der Waals surface area contributed by atoms with E-state index in [2.05, 4.69) is 0 Å². The van der Waals surface area contributed by atoms with Gasteiger partial charge in [0, 0.05) is 5.56 Å². The second kappa shape index (κ2) is 4.06. The predicted octanol–water partition coefficient (Wildman–Crippen LogP) is 3.83. The minimum absolute atomic E-state index is 0.0905. The molecule has 0 spiro atoms. The van der Waals surface area contributed by atoms with Gasteiger partial charge in [0.25, 0.3) is 0 Å². The van der Waals surface area contributed by atoms with E-state index in [-0.39, 0.29) is 17.3 Å². The van der Waals surface area contributed by atoms with Crippen LogP contribution in [0.3, 0.4) is 0 Å². The van der Waals surface area contributed by atoms with E-state index in [0.717, 1.165) is 0 Å². The number of benzene rings is 1. The molecule has 4 heteroatoms. The Kier molecular flexibility index (Phi) is 2.75. The van der Waals surface area contributed by atoms with Crippen molar-refractivity contribution in [2.45, 2.75) is 6.92 Å². The van der Waals surface area contributed by atoms with Crippen LogP contribution < -0.4 is 0 Å². The Morgan fingerprint density at radius 1 is 1.25 bits per heavy atom. The average Bonchev–Trinajstić information content (AvgIpc) is 2.25. The molecule has 2 rings (SSSR count). The van der Waals surface area contributed by atoms with Crippen LogP contribution in [0.5, 0.6) is 5.75 Å². The van der Waals surface area contributed by atoms with Crippen molar-refractivity contribution in [1.82, 2.24) is 0 Å². The Balaban J connectivity index is 2.64. The van der Waals surface area contributed by atoms with Gasteiger partial charge in [0.1, 0.15) is 11.6 Å². The highest BCUT2D eigenvalue weighted by Gasteiger charge is 2.09. The molecule has 0 aliphatic heterocycles. The molecule has 1 N–H and O–H groups in total. The molecule has 0 radical (unpaired) electrons. The van der Waals surface area contributed by atoms with Crippen LogP contribution in [0.4, 0.5) is 4.39 Å². The first kappa shape index (κ1) is 10.8. The summed E-state index contributed by atoms with van der Waals surface area (Å²) in [5, 5.41) is 9.75. The summed E-state index contributed by atoms with van der Waals surface area (Å²) in [7, 11) is 0. The fourth-order valence-electron chi connectivity index (χ4n) is 1.40. The Morgan fingerprint density at radius 2 is 1.88 bits per heavy atom. The zero-order valence-corrected chi connectivity index (χ0v) is 9.34. The van der Waals surface area contributed by atoms with Crippen molar-refractivity contribution in [1.29, 1.82) is 0 Å². The lowest BCUT2D eigenvalue weighted by molar-refractivity contribution is 0.433. The Bertz CT molecular complexity index is 573. The van der Waals surface area contributed by atoms with Gasteiger partial charge in [-0.1, -0.05) is 12.2 Å². The zero-order valence-electron chi connectivity index (χ0n) is 8.53. The topological polar surface area (TPSA) is 33.4 Å². The van der Waals surface area contributed by atoms with Crippen LogP contribution in [0.2, 0.25) is 0 Å². The molecule has 0 saturated carbocycles. The van der Waals surface area contributed by atoms with Crippen molar-refractivity contribution in [3.63, 3.8) is 0 Å². The molecule has 0 bridgehead atoms. The Morgan fingerprint density at radius 3 is 2.50 bits per heavy atom. The van der Waals surface area contributed by atoms with Gasteiger partial charge in [0.2, 0.25) is 0 Å². The molecule has 16 heavy (non-hydrogen) atoms. The van der Waals surface area contributed by atoms with Crippen molar-refractivity contribution in [2.75, 3.05) is 0 Å². The van der Waals surface area contributed by atoms with E-state index < -0.39 is 0 Å². The molecule has 0 aliphatic rings. The summed E-state index contributed by atoms with van der Waals surface area (Å²) in [6.07, 6.45) is 0. The molecule has 1 aromatic heterocycles. The van der Waals surface area contributed by atoms with Crippen LogP contribution in [0.15, 0.2) is 34.7 Å². The molecule has 0 saturated heterocycles. The first-order valence-corrected chi connectivity index (χ1v) is 5.08. The summed E-state index contributed by atoms with van der Waals surface area (Å²) in [5.41, 5.74) is 0.591. The normalized spacial score (nSPS) is 10.4. The first-order valence-electron chi connectivity index (χ1n) is 4.67. The highest BCUT2D eigenvalue weighted by molar-refractivity contribution is 7.71. The molecule has 2 aromatic rings. The van der Waals surface area contributed by atoms with Crippen molar-refractivity contribution in [3.8, 4) is 17.1 Å². The number of rotatable bonds is 1. The van der Waals surface area contributed by atoms with Crippen molar-refractivity contribution in [3.05, 3.63) is 46.4 Å². The molecule has 0 atom stereocenters. The summed E-state index contributed by atoms with van der Waals surface area (Å²) in [4.78, 5) is 0. The van der Waals surface area contributed by atoms with Gasteiger partial charge in [-0.2, -0.15) is 0 Å². The van der Waals surface area contributed by atoms with Crippen molar-refractivity contribution < 1.29 is 13.9 Å². The van der Waals surface area contributed by atoms with Gasteiger partial charge >= 0.3 is 0 Å². The largest absolute Gasteiger partial charge is 0.503 e. The smallest absolute Gasteiger partial charge is 0.177 e. The summed E-state index contributed by atoms with van der Waals surface area (Å²) in [6.45, 7) is 1.74.